The SMILES string of the molecule is O=C(Nc1cccnn1)c1cc(N2CCC[C@@H](C(F)(F)F)C2)nc2c1CCOCC2.O=C(O)/C=C/C(=O)O. The number of carboxylic acid groups (broad SMARTS) is 2. The van der Waals surface area contributed by atoms with Crippen LogP contribution < -0.4 is 10.2 Å². The fraction of sp³-hybridized carbons (Fsp3) is 0.417. The molecule has 0 unspecified atom stereocenters. The molecule has 1 saturated heterocycles. The summed E-state index contributed by atoms with van der Waals surface area (Å²) < 4.78 is 45.3. The third-order valence-corrected chi connectivity index (χ3v) is 5.81. The zero-order valence-electron chi connectivity index (χ0n) is 20.1. The number of pyridine rings is 1. The number of nitrogens with zero attached hydrogens (tertiary/aromatic N) is 4. The molecule has 4 heterocycles. The van der Waals surface area contributed by atoms with Gasteiger partial charge in [-0.2, -0.15) is 18.3 Å². The van der Waals surface area contributed by atoms with E-state index in [1.54, 1.807) is 23.1 Å². The van der Waals surface area contributed by atoms with E-state index in [0.717, 1.165) is 5.56 Å². The molecular weight excluding hydrogens is 511 g/mol. The minimum Gasteiger partial charge on any atom is -0.478 e. The van der Waals surface area contributed by atoms with E-state index in [4.69, 9.17) is 14.9 Å². The summed E-state index contributed by atoms with van der Waals surface area (Å²) >= 11 is 0. The van der Waals surface area contributed by atoms with Gasteiger partial charge in [0, 0.05) is 49.1 Å². The molecule has 3 N–H and O–H groups in total. The van der Waals surface area contributed by atoms with Crippen LogP contribution in [0.4, 0.5) is 24.8 Å². The van der Waals surface area contributed by atoms with Crippen molar-refractivity contribution in [2.75, 3.05) is 36.5 Å². The van der Waals surface area contributed by atoms with Gasteiger partial charge in [0.25, 0.3) is 5.91 Å². The Labute approximate surface area is 215 Å². The number of aliphatic carboxylic acids is 2. The van der Waals surface area contributed by atoms with Crippen LogP contribution in [0.5, 0.6) is 0 Å². The molecule has 0 aliphatic carbocycles. The molecular formula is C24H26F3N5O6. The summed E-state index contributed by atoms with van der Waals surface area (Å²) in [5.41, 5.74) is 1.85. The number of halogens is 3. The smallest absolute Gasteiger partial charge is 0.393 e. The number of carbonyl (C=O) groups is 3. The zero-order valence-corrected chi connectivity index (χ0v) is 20.1. The first-order valence-corrected chi connectivity index (χ1v) is 11.7. The highest BCUT2D eigenvalue weighted by atomic mass is 19.4. The van der Waals surface area contributed by atoms with Gasteiger partial charge in [0.15, 0.2) is 5.82 Å². The Morgan fingerprint density at radius 2 is 1.84 bits per heavy atom. The maximum absolute atomic E-state index is 13.3. The summed E-state index contributed by atoms with van der Waals surface area (Å²) in [5, 5.41) is 25.9. The average Bonchev–Trinajstić information content (AvgIpc) is 3.13. The monoisotopic (exact) mass is 537 g/mol. The number of nitrogens with one attached hydrogen (secondary N) is 1. The molecule has 1 amide bonds. The van der Waals surface area contributed by atoms with Gasteiger partial charge in [-0.1, -0.05) is 0 Å². The lowest BCUT2D eigenvalue weighted by Crippen LogP contribution is -2.42. The van der Waals surface area contributed by atoms with E-state index >= 15 is 0 Å². The largest absolute Gasteiger partial charge is 0.478 e. The fourth-order valence-electron chi connectivity index (χ4n) is 4.05. The predicted molar refractivity (Wildman–Crippen MR) is 128 cm³/mol. The van der Waals surface area contributed by atoms with Gasteiger partial charge in [-0.3, -0.25) is 4.79 Å². The van der Waals surface area contributed by atoms with Crippen molar-refractivity contribution in [3.8, 4) is 0 Å². The molecule has 0 bridgehead atoms. The summed E-state index contributed by atoms with van der Waals surface area (Å²) in [7, 11) is 0. The van der Waals surface area contributed by atoms with Gasteiger partial charge in [-0.25, -0.2) is 14.6 Å². The number of amides is 1. The van der Waals surface area contributed by atoms with Gasteiger partial charge in [0.05, 0.1) is 19.1 Å². The van der Waals surface area contributed by atoms with Crippen LogP contribution in [0.2, 0.25) is 0 Å². The van der Waals surface area contributed by atoms with E-state index in [2.05, 4.69) is 20.5 Å². The Kier molecular flexibility index (Phi) is 9.71. The average molecular weight is 537 g/mol. The third kappa shape index (κ3) is 8.23. The second-order valence-corrected chi connectivity index (χ2v) is 8.47. The molecule has 2 aliphatic rings. The Bertz CT molecular complexity index is 1160. The number of piperidine rings is 1. The van der Waals surface area contributed by atoms with E-state index in [9.17, 15) is 27.6 Å². The Morgan fingerprint density at radius 1 is 1.13 bits per heavy atom. The second-order valence-electron chi connectivity index (χ2n) is 8.47. The Morgan fingerprint density at radius 3 is 2.47 bits per heavy atom. The van der Waals surface area contributed by atoms with E-state index in [1.165, 1.54) is 6.20 Å². The van der Waals surface area contributed by atoms with Gasteiger partial charge in [-0.15, -0.1) is 5.10 Å². The lowest BCUT2D eigenvalue weighted by Gasteiger charge is -2.35. The number of rotatable bonds is 5. The maximum atomic E-state index is 13.3. The summed E-state index contributed by atoms with van der Waals surface area (Å²) in [6, 6.07) is 4.86. The number of hydrogen-bond acceptors (Lipinski definition) is 8. The zero-order chi connectivity index (χ0) is 27.7. The van der Waals surface area contributed by atoms with Crippen molar-refractivity contribution in [2.24, 2.45) is 5.92 Å². The summed E-state index contributed by atoms with van der Waals surface area (Å²) in [5.74, 6) is -3.60. The molecule has 38 heavy (non-hydrogen) atoms. The lowest BCUT2D eigenvalue weighted by molar-refractivity contribution is -0.176. The molecule has 2 aromatic rings. The minimum atomic E-state index is -4.25. The molecule has 204 valence electrons. The molecule has 2 aliphatic heterocycles. The van der Waals surface area contributed by atoms with Gasteiger partial charge in [0.1, 0.15) is 5.82 Å². The normalized spacial score (nSPS) is 17.6. The van der Waals surface area contributed by atoms with Crippen molar-refractivity contribution in [1.82, 2.24) is 15.2 Å². The number of anilines is 2. The minimum absolute atomic E-state index is 0.110. The lowest BCUT2D eigenvalue weighted by atomic mass is 9.96. The van der Waals surface area contributed by atoms with Crippen LogP contribution in [-0.2, 0) is 27.2 Å². The van der Waals surface area contributed by atoms with Crippen LogP contribution in [0.25, 0.3) is 0 Å². The summed E-state index contributed by atoms with van der Waals surface area (Å²) in [4.78, 5) is 38.4. The fourth-order valence-corrected chi connectivity index (χ4v) is 4.05. The number of hydrogen-bond donors (Lipinski definition) is 3. The van der Waals surface area contributed by atoms with Gasteiger partial charge in [-0.05, 0) is 43.0 Å². The highest BCUT2D eigenvalue weighted by Gasteiger charge is 2.42. The first kappa shape index (κ1) is 28.5. The highest BCUT2D eigenvalue weighted by Crippen LogP contribution is 2.35. The van der Waals surface area contributed by atoms with E-state index in [-0.39, 0.29) is 18.9 Å². The van der Waals surface area contributed by atoms with Gasteiger partial charge >= 0.3 is 18.1 Å². The van der Waals surface area contributed by atoms with Crippen LogP contribution in [-0.4, -0.2) is 75.7 Å². The van der Waals surface area contributed by atoms with E-state index in [1.807, 2.05) is 0 Å². The molecule has 2 aromatic heterocycles. The topological polar surface area (TPSA) is 155 Å². The Balaban J connectivity index is 0.000000436. The Hall–Kier alpha value is -4.07. The molecule has 4 rings (SSSR count). The molecule has 0 saturated carbocycles. The maximum Gasteiger partial charge on any atom is 0.393 e. The molecule has 11 nitrogen and oxygen atoms in total. The molecule has 14 heteroatoms. The first-order chi connectivity index (χ1) is 18.0. The van der Waals surface area contributed by atoms with Crippen molar-refractivity contribution >= 4 is 29.5 Å². The molecule has 1 fully saturated rings. The van der Waals surface area contributed by atoms with Crippen molar-refractivity contribution < 1.29 is 42.5 Å². The predicted octanol–water partition coefficient (Wildman–Crippen LogP) is 2.73. The van der Waals surface area contributed by atoms with Crippen LogP contribution in [0.1, 0.15) is 34.5 Å². The van der Waals surface area contributed by atoms with E-state index < -0.39 is 24.0 Å². The molecule has 0 spiro atoms. The standard InChI is InChI=1S/C20H22F3N5O2.C4H4O4/c21-20(22,23)13-3-2-8-28(12-13)18-11-15(14-5-9-30-10-6-16(14)25-18)19(29)26-17-4-1-7-24-27-17;5-3(6)1-2-4(7)8/h1,4,7,11,13H,2-3,5-6,8-10,12H2,(H,26,27,29);1-2H,(H,5,6)(H,7,8)/b;2-1+/t13-;/m1./s1. The summed E-state index contributed by atoms with van der Waals surface area (Å²) in [6.45, 7) is 1.23. The second kappa shape index (κ2) is 12.9. The van der Waals surface area contributed by atoms with Gasteiger partial charge < -0.3 is 25.2 Å². The first-order valence-electron chi connectivity index (χ1n) is 11.7. The number of carboxylic acids is 2. The van der Waals surface area contributed by atoms with Crippen molar-refractivity contribution in [2.45, 2.75) is 31.9 Å². The highest BCUT2D eigenvalue weighted by molar-refractivity contribution is 6.05. The number of carbonyl (C=O) groups excluding carboxylic acids is 1. The number of fused-ring (bicyclic) bond motifs is 1. The van der Waals surface area contributed by atoms with Crippen molar-refractivity contribution in [3.63, 3.8) is 0 Å². The molecule has 0 radical (unpaired) electrons. The number of ether oxygens (including phenoxy) is 1. The van der Waals surface area contributed by atoms with Crippen LogP contribution in [0.15, 0.2) is 36.5 Å². The number of alkyl halides is 3. The third-order valence-electron chi connectivity index (χ3n) is 5.81. The van der Waals surface area contributed by atoms with Crippen molar-refractivity contribution in [3.05, 3.63) is 53.4 Å². The van der Waals surface area contributed by atoms with Gasteiger partial charge in [0.2, 0.25) is 0 Å². The number of aromatic nitrogens is 3. The van der Waals surface area contributed by atoms with Crippen LogP contribution in [0, 0.1) is 5.92 Å². The van der Waals surface area contributed by atoms with Crippen LogP contribution in [0.3, 0.4) is 0 Å². The summed E-state index contributed by atoms with van der Waals surface area (Å²) in [6.07, 6.45) is -0.0832. The molecule has 1 atom stereocenters. The van der Waals surface area contributed by atoms with E-state index in [0.29, 0.717) is 74.1 Å². The van der Waals surface area contributed by atoms with Crippen molar-refractivity contribution in [1.29, 1.82) is 0 Å². The quantitative estimate of drug-likeness (QED) is 0.485. The van der Waals surface area contributed by atoms with Crippen LogP contribution >= 0.6 is 0 Å². The molecule has 0 aromatic carbocycles.